The minimum Gasteiger partial charge on any atom is -0.345 e. The first-order valence-electron chi connectivity index (χ1n) is 11.1. The highest BCUT2D eigenvalue weighted by molar-refractivity contribution is 8.14. The SMILES string of the molecule is CC(=O)N[C@@H](Cc1ccccc1)C(=O)Sc1ccccc1P(c1ccccc1)c1ccccc1. The van der Waals surface area contributed by atoms with E-state index in [0.29, 0.717) is 6.42 Å². The monoisotopic (exact) mass is 483 g/mol. The molecule has 4 rings (SSSR count). The minimum absolute atomic E-state index is 0.0671. The molecule has 0 saturated carbocycles. The largest absolute Gasteiger partial charge is 0.345 e. The molecule has 0 aliphatic carbocycles. The molecule has 0 spiro atoms. The molecule has 4 aromatic carbocycles. The topological polar surface area (TPSA) is 46.2 Å². The van der Waals surface area contributed by atoms with Crippen molar-refractivity contribution >= 4 is 46.6 Å². The third-order valence-corrected chi connectivity index (χ3v) is 9.00. The van der Waals surface area contributed by atoms with Crippen molar-refractivity contribution in [1.29, 1.82) is 0 Å². The fourth-order valence-electron chi connectivity index (χ4n) is 3.78. The Balaban J connectivity index is 1.67. The van der Waals surface area contributed by atoms with Gasteiger partial charge in [-0.1, -0.05) is 109 Å². The molecule has 0 saturated heterocycles. The van der Waals surface area contributed by atoms with Crippen molar-refractivity contribution in [2.75, 3.05) is 0 Å². The molecule has 0 aliphatic rings. The van der Waals surface area contributed by atoms with Crippen LogP contribution in [0.3, 0.4) is 0 Å². The second-order valence-corrected chi connectivity index (χ2v) is 11.1. The Morgan fingerprint density at radius 3 is 1.79 bits per heavy atom. The van der Waals surface area contributed by atoms with E-state index in [-0.39, 0.29) is 11.0 Å². The van der Waals surface area contributed by atoms with Gasteiger partial charge < -0.3 is 5.32 Å². The minimum atomic E-state index is -0.842. The maximum absolute atomic E-state index is 13.5. The molecule has 5 heteroatoms. The smallest absolute Gasteiger partial charge is 0.217 e. The first-order chi connectivity index (χ1) is 16.6. The summed E-state index contributed by atoms with van der Waals surface area (Å²) in [6.07, 6.45) is 0.459. The molecule has 3 nitrogen and oxygen atoms in total. The maximum atomic E-state index is 13.5. The van der Waals surface area contributed by atoms with E-state index in [4.69, 9.17) is 0 Å². The molecular weight excluding hydrogens is 457 g/mol. The summed E-state index contributed by atoms with van der Waals surface area (Å²) in [4.78, 5) is 26.3. The summed E-state index contributed by atoms with van der Waals surface area (Å²) in [5.74, 6) is -0.209. The first-order valence-corrected chi connectivity index (χ1v) is 13.3. The van der Waals surface area contributed by atoms with Crippen LogP contribution in [0.1, 0.15) is 12.5 Å². The van der Waals surface area contributed by atoms with Crippen molar-refractivity contribution < 1.29 is 9.59 Å². The van der Waals surface area contributed by atoms with E-state index < -0.39 is 14.0 Å². The summed E-state index contributed by atoms with van der Waals surface area (Å²) in [5.41, 5.74) is 1.01. The van der Waals surface area contributed by atoms with Crippen molar-refractivity contribution in [3.05, 3.63) is 121 Å². The molecule has 0 fully saturated rings. The van der Waals surface area contributed by atoms with Crippen molar-refractivity contribution in [2.24, 2.45) is 0 Å². The van der Waals surface area contributed by atoms with E-state index in [1.54, 1.807) is 0 Å². The van der Waals surface area contributed by atoms with Crippen LogP contribution < -0.4 is 21.2 Å². The van der Waals surface area contributed by atoms with Crippen molar-refractivity contribution in [2.45, 2.75) is 24.3 Å². The van der Waals surface area contributed by atoms with Crippen LogP contribution in [0.25, 0.3) is 0 Å². The Kier molecular flexibility index (Phi) is 8.30. The van der Waals surface area contributed by atoms with Gasteiger partial charge in [0.05, 0.1) is 0 Å². The van der Waals surface area contributed by atoms with Gasteiger partial charge in [-0.3, -0.25) is 9.59 Å². The Morgan fingerprint density at radius 2 is 1.24 bits per heavy atom. The predicted molar refractivity (Wildman–Crippen MR) is 144 cm³/mol. The predicted octanol–water partition coefficient (Wildman–Crippen LogP) is 4.81. The standard InChI is InChI=1S/C29H26NO2PS/c1-22(31)30-26(21-23-13-5-2-6-14-23)29(32)34-28-20-12-11-19-27(28)33(24-15-7-3-8-16-24)25-17-9-4-10-18-25/h2-20,26H,21H2,1H3,(H,30,31)/t26-/m0/s1. The van der Waals surface area contributed by atoms with Gasteiger partial charge in [-0.2, -0.15) is 0 Å². The third kappa shape index (κ3) is 6.22. The summed E-state index contributed by atoms with van der Waals surface area (Å²) in [7, 11) is -0.842. The van der Waals surface area contributed by atoms with E-state index in [9.17, 15) is 9.59 Å². The van der Waals surface area contributed by atoms with E-state index in [0.717, 1.165) is 15.8 Å². The highest BCUT2D eigenvalue weighted by Gasteiger charge is 2.25. The molecule has 1 N–H and O–H groups in total. The normalized spacial score (nSPS) is 11.7. The second-order valence-electron chi connectivity index (χ2n) is 7.84. The van der Waals surface area contributed by atoms with Crippen LogP contribution in [0.5, 0.6) is 0 Å². The number of carbonyl (C=O) groups excluding carboxylic acids is 2. The van der Waals surface area contributed by atoms with E-state index in [1.165, 1.54) is 29.3 Å². The number of hydrogen-bond donors (Lipinski definition) is 1. The lowest BCUT2D eigenvalue weighted by molar-refractivity contribution is -0.123. The summed E-state index contributed by atoms with van der Waals surface area (Å²) >= 11 is 1.22. The lowest BCUT2D eigenvalue weighted by Crippen LogP contribution is -2.40. The van der Waals surface area contributed by atoms with Crippen LogP contribution in [-0.2, 0) is 16.0 Å². The maximum Gasteiger partial charge on any atom is 0.217 e. The Labute approximate surface area is 206 Å². The molecule has 34 heavy (non-hydrogen) atoms. The van der Waals surface area contributed by atoms with Gasteiger partial charge >= 0.3 is 0 Å². The highest BCUT2D eigenvalue weighted by Crippen LogP contribution is 2.37. The van der Waals surface area contributed by atoms with E-state index >= 15 is 0 Å². The number of rotatable bonds is 8. The van der Waals surface area contributed by atoms with Crippen LogP contribution in [0.15, 0.2) is 120 Å². The molecule has 0 heterocycles. The van der Waals surface area contributed by atoms with E-state index in [1.807, 2.05) is 60.7 Å². The number of nitrogens with one attached hydrogen (secondary N) is 1. The van der Waals surface area contributed by atoms with Gasteiger partial charge in [0.15, 0.2) is 0 Å². The second kappa shape index (κ2) is 11.8. The summed E-state index contributed by atoms with van der Waals surface area (Å²) in [5, 5.41) is 6.38. The third-order valence-electron chi connectivity index (χ3n) is 5.29. The fourth-order valence-corrected chi connectivity index (χ4v) is 7.33. The summed E-state index contributed by atoms with van der Waals surface area (Å²) < 4.78 is 0. The highest BCUT2D eigenvalue weighted by atomic mass is 32.2. The molecule has 0 bridgehead atoms. The van der Waals surface area contributed by atoms with Gasteiger partial charge in [-0.05, 0) is 47.2 Å². The van der Waals surface area contributed by atoms with Crippen LogP contribution >= 0.6 is 19.7 Å². The lowest BCUT2D eigenvalue weighted by Gasteiger charge is -2.23. The number of amides is 1. The number of benzene rings is 4. The molecule has 4 aromatic rings. The average molecular weight is 484 g/mol. The molecular formula is C29H26NO2PS. The Morgan fingerprint density at radius 1 is 0.735 bits per heavy atom. The molecule has 1 amide bonds. The Hall–Kier alpha value is -3.20. The van der Waals surface area contributed by atoms with Crippen LogP contribution in [0.2, 0.25) is 0 Å². The van der Waals surface area contributed by atoms with Crippen molar-refractivity contribution in [3.8, 4) is 0 Å². The van der Waals surface area contributed by atoms with Gasteiger partial charge in [-0.15, -0.1) is 0 Å². The molecule has 170 valence electrons. The summed E-state index contributed by atoms with van der Waals surface area (Å²) in [6.45, 7) is 1.45. The quantitative estimate of drug-likeness (QED) is 0.289. The summed E-state index contributed by atoms with van der Waals surface area (Å²) in [6, 6.07) is 38.2. The average Bonchev–Trinajstić information content (AvgIpc) is 2.86. The molecule has 0 aromatic heterocycles. The molecule has 0 aliphatic heterocycles. The van der Waals surface area contributed by atoms with Crippen LogP contribution in [0.4, 0.5) is 0 Å². The van der Waals surface area contributed by atoms with Crippen LogP contribution in [-0.4, -0.2) is 17.1 Å². The fraction of sp³-hybridized carbons (Fsp3) is 0.103. The Bertz CT molecular complexity index is 1190. The number of carbonyl (C=O) groups is 2. The van der Waals surface area contributed by atoms with Crippen molar-refractivity contribution in [3.63, 3.8) is 0 Å². The van der Waals surface area contributed by atoms with Crippen molar-refractivity contribution in [1.82, 2.24) is 5.32 Å². The van der Waals surface area contributed by atoms with Gasteiger partial charge in [0.1, 0.15) is 6.04 Å². The number of hydrogen-bond acceptors (Lipinski definition) is 3. The van der Waals surface area contributed by atoms with Crippen LogP contribution in [0, 0.1) is 0 Å². The van der Waals surface area contributed by atoms with Gasteiger partial charge in [-0.25, -0.2) is 0 Å². The zero-order chi connectivity index (χ0) is 23.8. The van der Waals surface area contributed by atoms with E-state index in [2.05, 4.69) is 59.9 Å². The van der Waals surface area contributed by atoms with Gasteiger partial charge in [0.25, 0.3) is 0 Å². The zero-order valence-corrected chi connectivity index (χ0v) is 20.6. The molecule has 1 atom stereocenters. The molecule has 0 radical (unpaired) electrons. The zero-order valence-electron chi connectivity index (χ0n) is 18.9. The first kappa shape index (κ1) is 23.9. The van der Waals surface area contributed by atoms with Gasteiger partial charge in [0.2, 0.25) is 11.0 Å². The lowest BCUT2D eigenvalue weighted by atomic mass is 10.1. The van der Waals surface area contributed by atoms with Gasteiger partial charge in [0, 0.05) is 18.2 Å². The molecule has 0 unspecified atom stereocenters. The number of thioether (sulfide) groups is 1.